The molecule has 0 aliphatic heterocycles. The molecule has 1 rings (SSSR count). The number of methoxy groups -OCH3 is 1. The predicted octanol–water partition coefficient (Wildman–Crippen LogP) is 3.38. The van der Waals surface area contributed by atoms with Crippen molar-refractivity contribution in [2.45, 2.75) is 38.5 Å². The number of hydrogen-bond donors (Lipinski definition) is 0. The summed E-state index contributed by atoms with van der Waals surface area (Å²) in [5.74, 6) is 0. The van der Waals surface area contributed by atoms with E-state index in [1.165, 1.54) is 38.5 Å². The molecule has 0 heterocycles. The highest BCUT2D eigenvalue weighted by molar-refractivity contribution is 9.09. The molecule has 1 aliphatic carbocycles. The lowest BCUT2D eigenvalue weighted by molar-refractivity contribution is 0.0476. The Morgan fingerprint density at radius 2 is 1.80 bits per heavy atom. The molecule has 3 heteroatoms. The monoisotopic (exact) mass is 278 g/mol. The third-order valence-electron chi connectivity index (χ3n) is 3.41. The van der Waals surface area contributed by atoms with Crippen LogP contribution in [0, 0.1) is 5.41 Å². The van der Waals surface area contributed by atoms with Crippen LogP contribution in [0.25, 0.3) is 0 Å². The Morgan fingerprint density at radius 1 is 1.07 bits per heavy atom. The Kier molecular flexibility index (Phi) is 6.86. The average molecular weight is 279 g/mol. The van der Waals surface area contributed by atoms with Gasteiger partial charge >= 0.3 is 0 Å². The van der Waals surface area contributed by atoms with Crippen LogP contribution in [0.5, 0.6) is 0 Å². The first-order valence-corrected chi connectivity index (χ1v) is 7.08. The highest BCUT2D eigenvalue weighted by Crippen LogP contribution is 2.40. The van der Waals surface area contributed by atoms with Crippen molar-refractivity contribution < 1.29 is 9.47 Å². The Labute approximate surface area is 102 Å². The van der Waals surface area contributed by atoms with Crippen molar-refractivity contribution in [3.63, 3.8) is 0 Å². The van der Waals surface area contributed by atoms with E-state index in [1.807, 2.05) is 0 Å². The molecule has 0 N–H and O–H groups in total. The largest absolute Gasteiger partial charge is 0.382 e. The highest BCUT2D eigenvalue weighted by atomic mass is 79.9. The SMILES string of the molecule is COCCOCCC1(CBr)CCCCC1. The van der Waals surface area contributed by atoms with Crippen molar-refractivity contribution >= 4 is 15.9 Å². The van der Waals surface area contributed by atoms with E-state index in [2.05, 4.69) is 15.9 Å². The van der Waals surface area contributed by atoms with Crippen molar-refractivity contribution in [1.82, 2.24) is 0 Å². The van der Waals surface area contributed by atoms with E-state index in [-0.39, 0.29) is 0 Å². The van der Waals surface area contributed by atoms with Gasteiger partial charge in [-0.05, 0) is 24.7 Å². The van der Waals surface area contributed by atoms with Crippen molar-refractivity contribution in [2.24, 2.45) is 5.41 Å². The summed E-state index contributed by atoms with van der Waals surface area (Å²) >= 11 is 3.67. The smallest absolute Gasteiger partial charge is 0.0700 e. The summed E-state index contributed by atoms with van der Waals surface area (Å²) in [5, 5.41) is 1.13. The lowest BCUT2D eigenvalue weighted by atomic mass is 9.74. The lowest BCUT2D eigenvalue weighted by Gasteiger charge is -2.35. The van der Waals surface area contributed by atoms with Crippen LogP contribution in [-0.2, 0) is 9.47 Å². The maximum Gasteiger partial charge on any atom is 0.0700 e. The Hall–Kier alpha value is 0.400. The first kappa shape index (κ1) is 13.5. The summed E-state index contributed by atoms with van der Waals surface area (Å²) in [6.07, 6.45) is 8.13. The van der Waals surface area contributed by atoms with E-state index in [0.29, 0.717) is 12.0 Å². The molecule has 0 bridgehead atoms. The molecule has 15 heavy (non-hydrogen) atoms. The van der Waals surface area contributed by atoms with Gasteiger partial charge in [0.05, 0.1) is 13.2 Å². The predicted molar refractivity (Wildman–Crippen MR) is 66.6 cm³/mol. The van der Waals surface area contributed by atoms with Gasteiger partial charge in [0.2, 0.25) is 0 Å². The van der Waals surface area contributed by atoms with Crippen LogP contribution in [0.3, 0.4) is 0 Å². The molecule has 1 fully saturated rings. The number of hydrogen-bond acceptors (Lipinski definition) is 2. The topological polar surface area (TPSA) is 18.5 Å². The van der Waals surface area contributed by atoms with Crippen molar-refractivity contribution in [2.75, 3.05) is 32.3 Å². The lowest BCUT2D eigenvalue weighted by Crippen LogP contribution is -2.27. The number of alkyl halides is 1. The van der Waals surface area contributed by atoms with Gasteiger partial charge in [-0.25, -0.2) is 0 Å². The second kappa shape index (κ2) is 7.64. The third kappa shape index (κ3) is 4.83. The van der Waals surface area contributed by atoms with Gasteiger partial charge in [0.15, 0.2) is 0 Å². The fraction of sp³-hybridized carbons (Fsp3) is 1.00. The number of ether oxygens (including phenoxy) is 2. The Bertz CT molecular complexity index is 156. The summed E-state index contributed by atoms with van der Waals surface area (Å²) in [7, 11) is 1.71. The quantitative estimate of drug-likeness (QED) is 0.525. The molecule has 0 saturated heterocycles. The first-order chi connectivity index (χ1) is 7.33. The minimum Gasteiger partial charge on any atom is -0.382 e. The van der Waals surface area contributed by atoms with Crippen molar-refractivity contribution in [3.05, 3.63) is 0 Å². The summed E-state index contributed by atoms with van der Waals surface area (Å²) in [5.41, 5.74) is 0.519. The van der Waals surface area contributed by atoms with Crippen LogP contribution in [-0.4, -0.2) is 32.3 Å². The molecule has 0 aromatic heterocycles. The van der Waals surface area contributed by atoms with Crippen LogP contribution in [0.1, 0.15) is 38.5 Å². The molecular formula is C12H23BrO2. The van der Waals surface area contributed by atoms with Gasteiger partial charge in [-0.1, -0.05) is 35.2 Å². The molecule has 0 radical (unpaired) electrons. The number of rotatable bonds is 7. The van der Waals surface area contributed by atoms with Crippen LogP contribution in [0.4, 0.5) is 0 Å². The maximum atomic E-state index is 5.56. The second-order valence-corrected chi connectivity index (χ2v) is 5.11. The number of halogens is 1. The van der Waals surface area contributed by atoms with Gasteiger partial charge in [0.25, 0.3) is 0 Å². The molecule has 0 spiro atoms. The zero-order valence-corrected chi connectivity index (χ0v) is 11.4. The van der Waals surface area contributed by atoms with E-state index in [1.54, 1.807) is 7.11 Å². The minimum absolute atomic E-state index is 0.519. The molecule has 0 aromatic carbocycles. The molecule has 1 aliphatic rings. The zero-order valence-electron chi connectivity index (χ0n) is 9.77. The Balaban J connectivity index is 2.15. The molecule has 2 nitrogen and oxygen atoms in total. The molecule has 0 aromatic rings. The fourth-order valence-electron chi connectivity index (χ4n) is 2.29. The second-order valence-electron chi connectivity index (χ2n) is 4.55. The third-order valence-corrected chi connectivity index (χ3v) is 4.60. The standard InChI is InChI=1S/C12H23BrO2/c1-14-9-10-15-8-7-12(11-13)5-3-2-4-6-12/h2-11H2,1H3. The molecule has 90 valence electrons. The van der Waals surface area contributed by atoms with Gasteiger partial charge in [0, 0.05) is 19.0 Å². The van der Waals surface area contributed by atoms with E-state index in [0.717, 1.165) is 18.5 Å². The minimum atomic E-state index is 0.519. The van der Waals surface area contributed by atoms with E-state index >= 15 is 0 Å². The molecule has 0 atom stereocenters. The van der Waals surface area contributed by atoms with E-state index in [4.69, 9.17) is 9.47 Å². The van der Waals surface area contributed by atoms with Gasteiger partial charge in [-0.3, -0.25) is 0 Å². The average Bonchev–Trinajstić information content (AvgIpc) is 2.30. The highest BCUT2D eigenvalue weighted by Gasteiger charge is 2.30. The molecule has 1 saturated carbocycles. The summed E-state index contributed by atoms with van der Waals surface area (Å²) in [6, 6.07) is 0. The van der Waals surface area contributed by atoms with Gasteiger partial charge in [-0.15, -0.1) is 0 Å². The molecule has 0 amide bonds. The fourth-order valence-corrected chi connectivity index (χ4v) is 3.13. The molecule has 0 unspecified atom stereocenters. The van der Waals surface area contributed by atoms with Gasteiger partial charge < -0.3 is 9.47 Å². The van der Waals surface area contributed by atoms with Gasteiger partial charge in [0.1, 0.15) is 0 Å². The summed E-state index contributed by atoms with van der Waals surface area (Å²) in [4.78, 5) is 0. The molecular weight excluding hydrogens is 256 g/mol. The zero-order chi connectivity index (χ0) is 11.0. The van der Waals surface area contributed by atoms with Crippen LogP contribution >= 0.6 is 15.9 Å². The van der Waals surface area contributed by atoms with Crippen LogP contribution in [0.2, 0.25) is 0 Å². The van der Waals surface area contributed by atoms with E-state index in [9.17, 15) is 0 Å². The Morgan fingerprint density at radius 3 is 2.40 bits per heavy atom. The van der Waals surface area contributed by atoms with Crippen molar-refractivity contribution in [1.29, 1.82) is 0 Å². The van der Waals surface area contributed by atoms with Crippen LogP contribution in [0.15, 0.2) is 0 Å². The normalized spacial score (nSPS) is 20.4. The van der Waals surface area contributed by atoms with E-state index < -0.39 is 0 Å². The summed E-state index contributed by atoms with van der Waals surface area (Å²) < 4.78 is 10.5. The van der Waals surface area contributed by atoms with Crippen LogP contribution < -0.4 is 0 Å². The van der Waals surface area contributed by atoms with Crippen molar-refractivity contribution in [3.8, 4) is 0 Å². The maximum absolute atomic E-state index is 5.56. The summed E-state index contributed by atoms with van der Waals surface area (Å²) in [6.45, 7) is 2.32. The van der Waals surface area contributed by atoms with Gasteiger partial charge in [-0.2, -0.15) is 0 Å². The first-order valence-electron chi connectivity index (χ1n) is 5.96.